The molecule has 2 spiro atoms. The Morgan fingerprint density at radius 1 is 0.500 bits per heavy atom. The van der Waals surface area contributed by atoms with Crippen molar-refractivity contribution in [1.82, 2.24) is 9.80 Å². The topological polar surface area (TPSA) is 61.9 Å². The largest absolute Gasteiger partial charge is 0.494 e. The van der Waals surface area contributed by atoms with E-state index in [1.807, 2.05) is 0 Å². The van der Waals surface area contributed by atoms with E-state index in [1.165, 1.54) is 108 Å². The van der Waals surface area contributed by atoms with Gasteiger partial charge in [-0.3, -0.25) is 0 Å². The summed E-state index contributed by atoms with van der Waals surface area (Å²) in [6.07, 6.45) is 17.4. The van der Waals surface area contributed by atoms with Crippen LogP contribution in [0.1, 0.15) is 144 Å². The van der Waals surface area contributed by atoms with Crippen LogP contribution in [-0.2, 0) is 31.5 Å². The van der Waals surface area contributed by atoms with E-state index in [1.54, 1.807) is 0 Å². The van der Waals surface area contributed by atoms with Crippen LogP contribution in [0.2, 0.25) is 0 Å². The third-order valence-electron chi connectivity index (χ3n) is 15.9. The summed E-state index contributed by atoms with van der Waals surface area (Å²) >= 11 is 0. The molecule has 4 atom stereocenters. The molecule has 0 N–H and O–H groups in total. The number of hydrogen-bond donors (Lipinski definition) is 0. The van der Waals surface area contributed by atoms with Gasteiger partial charge in [0.1, 0.15) is 22.7 Å². The first-order valence-corrected chi connectivity index (χ1v) is 22.4. The van der Waals surface area contributed by atoms with E-state index in [-0.39, 0.29) is 47.8 Å². The Labute approximate surface area is 338 Å². The lowest BCUT2D eigenvalue weighted by Crippen LogP contribution is -2.44. The van der Waals surface area contributed by atoms with Crippen LogP contribution in [0.3, 0.4) is 0 Å². The van der Waals surface area contributed by atoms with Crippen LogP contribution in [-0.4, -0.2) is 95.9 Å². The molecule has 8 aliphatic heterocycles. The van der Waals surface area contributed by atoms with Crippen molar-refractivity contribution in [2.24, 2.45) is 0 Å². The van der Waals surface area contributed by atoms with Crippen LogP contribution >= 0.6 is 0 Å². The zero-order valence-electron chi connectivity index (χ0n) is 35.8. The first kappa shape index (κ1) is 39.4. The summed E-state index contributed by atoms with van der Waals surface area (Å²) in [6, 6.07) is 14.6. The number of nitrogens with zero attached hydrogens (tertiary/aromatic N) is 2. The first-order chi connectivity index (χ1) is 26.5. The molecule has 8 aliphatic rings. The maximum Gasteiger partial charge on any atom is 0.494 e. The number of fused-ring (bicyclic) bond motifs is 4. The van der Waals surface area contributed by atoms with Crippen molar-refractivity contribution in [3.05, 3.63) is 47.5 Å². The maximum atomic E-state index is 6.66. The van der Waals surface area contributed by atoms with E-state index in [4.69, 9.17) is 28.1 Å². The molecule has 56 heavy (non-hydrogen) atoms. The van der Waals surface area contributed by atoms with Crippen LogP contribution < -0.4 is 20.4 Å². The van der Waals surface area contributed by atoms with E-state index in [0.717, 1.165) is 47.7 Å². The van der Waals surface area contributed by atoms with Gasteiger partial charge >= 0.3 is 14.2 Å². The first-order valence-electron chi connectivity index (χ1n) is 22.4. The minimum atomic E-state index is -0.305. The molecular weight excluding hydrogens is 698 g/mol. The number of piperidine rings is 2. The molecule has 4 unspecified atom stereocenters. The molecule has 304 valence electrons. The van der Waals surface area contributed by atoms with Gasteiger partial charge in [-0.25, -0.2) is 0 Å². The Kier molecular flexibility index (Phi) is 10.1. The van der Waals surface area contributed by atoms with Gasteiger partial charge in [-0.2, -0.15) is 0 Å². The van der Waals surface area contributed by atoms with Crippen LogP contribution in [0, 0.1) is 0 Å². The van der Waals surface area contributed by atoms with Crippen molar-refractivity contribution < 1.29 is 28.1 Å². The second-order valence-electron chi connectivity index (χ2n) is 20.8. The molecule has 8 nitrogen and oxygen atoms in total. The van der Waals surface area contributed by atoms with Crippen molar-refractivity contribution in [3.8, 4) is 11.5 Å². The Bertz CT molecular complexity index is 1730. The lowest BCUT2D eigenvalue weighted by Gasteiger charge is -2.37. The average Bonchev–Trinajstić information content (AvgIpc) is 3.73. The second-order valence-corrected chi connectivity index (χ2v) is 20.8. The van der Waals surface area contributed by atoms with Crippen molar-refractivity contribution in [2.45, 2.75) is 191 Å². The lowest BCUT2D eigenvalue weighted by molar-refractivity contribution is 0.00578. The average molecular weight is 767 g/mol. The predicted molar refractivity (Wildman–Crippen MR) is 225 cm³/mol. The molecular formula is C46H68B2N2O6. The summed E-state index contributed by atoms with van der Waals surface area (Å²) < 4.78 is 38.3. The highest BCUT2D eigenvalue weighted by Gasteiger charge is 2.54. The normalized spacial score (nSPS) is 34.0. The fourth-order valence-corrected chi connectivity index (χ4v) is 11.0. The van der Waals surface area contributed by atoms with Gasteiger partial charge in [-0.05, 0) is 161 Å². The SMILES string of the molecule is CC1(C)OB(c2ccc3c(c2)CC2(CCC4CCCCN4CC2)O3)OC1(C)C.CC1(C)OB(c2ccc3c(c2)CC2(CCCN4CCCCC4C2)O3)OC1(C)C. The fourth-order valence-electron chi connectivity index (χ4n) is 11.0. The van der Waals surface area contributed by atoms with E-state index in [2.05, 4.69) is 102 Å². The summed E-state index contributed by atoms with van der Waals surface area (Å²) in [5.74, 6) is 2.14. The van der Waals surface area contributed by atoms with Gasteiger partial charge < -0.3 is 37.9 Å². The highest BCUT2D eigenvalue weighted by Crippen LogP contribution is 2.46. The van der Waals surface area contributed by atoms with E-state index < -0.39 is 0 Å². The summed E-state index contributed by atoms with van der Waals surface area (Å²) in [5.41, 5.74) is 3.65. The van der Waals surface area contributed by atoms with Crippen molar-refractivity contribution in [1.29, 1.82) is 0 Å². The van der Waals surface area contributed by atoms with Gasteiger partial charge in [0.05, 0.1) is 22.4 Å². The monoisotopic (exact) mass is 767 g/mol. The van der Waals surface area contributed by atoms with E-state index in [0.29, 0.717) is 6.04 Å². The number of benzene rings is 2. The van der Waals surface area contributed by atoms with Gasteiger partial charge in [0.15, 0.2) is 0 Å². The Morgan fingerprint density at radius 2 is 0.982 bits per heavy atom. The third kappa shape index (κ3) is 7.29. The highest BCUT2D eigenvalue weighted by atomic mass is 16.7. The molecule has 2 aromatic rings. The standard InChI is InChI=1S/2C23H34BNO3/c1-21(2)22(3,4)28-24(27-21)18-9-10-20-17(14-18)15-23(26-20)11-7-13-25-12-6-5-8-19(25)16-23;1-21(2)22(3,4)28-24(27-21)18-8-9-20-17(15-18)16-23(26-20)11-10-19-7-5-6-13-25(19)14-12-23/h9-10,14,19H,5-8,11-13,15-16H2,1-4H3;8-9,15,19H,5-7,10-14,16H2,1-4H3. The summed E-state index contributed by atoms with van der Waals surface area (Å²) in [7, 11) is -0.593. The van der Waals surface area contributed by atoms with Gasteiger partial charge in [0.2, 0.25) is 0 Å². The summed E-state index contributed by atoms with van der Waals surface area (Å²) in [6.45, 7) is 21.9. The molecule has 0 amide bonds. The molecule has 10 rings (SSSR count). The van der Waals surface area contributed by atoms with Crippen molar-refractivity contribution >= 4 is 25.2 Å². The van der Waals surface area contributed by atoms with Crippen LogP contribution in [0.15, 0.2) is 36.4 Å². The second kappa shape index (κ2) is 14.3. The maximum absolute atomic E-state index is 6.66. The molecule has 8 heterocycles. The minimum absolute atomic E-state index is 0.00573. The zero-order valence-corrected chi connectivity index (χ0v) is 35.8. The van der Waals surface area contributed by atoms with Gasteiger partial charge in [0.25, 0.3) is 0 Å². The highest BCUT2D eigenvalue weighted by molar-refractivity contribution is 6.62. The zero-order chi connectivity index (χ0) is 39.1. The van der Waals surface area contributed by atoms with Gasteiger partial charge in [-0.15, -0.1) is 0 Å². The van der Waals surface area contributed by atoms with Crippen molar-refractivity contribution in [3.63, 3.8) is 0 Å². The molecule has 0 bridgehead atoms. The van der Waals surface area contributed by atoms with Crippen LogP contribution in [0.4, 0.5) is 0 Å². The van der Waals surface area contributed by atoms with Gasteiger partial charge in [0, 0.05) is 44.3 Å². The molecule has 0 aromatic heterocycles. The van der Waals surface area contributed by atoms with Crippen molar-refractivity contribution in [2.75, 3.05) is 26.2 Å². The molecule has 6 saturated heterocycles. The molecule has 0 aliphatic carbocycles. The Hall–Kier alpha value is -2.07. The lowest BCUT2D eigenvalue weighted by atomic mass is 9.77. The van der Waals surface area contributed by atoms with E-state index in [9.17, 15) is 0 Å². The van der Waals surface area contributed by atoms with Gasteiger partial charge in [-0.1, -0.05) is 37.1 Å². The molecule has 0 saturated carbocycles. The third-order valence-corrected chi connectivity index (χ3v) is 15.9. The molecule has 6 fully saturated rings. The molecule has 2 aromatic carbocycles. The fraction of sp³-hybridized carbons (Fsp3) is 0.739. The molecule has 0 radical (unpaired) electrons. The number of rotatable bonds is 2. The van der Waals surface area contributed by atoms with Crippen LogP contribution in [0.5, 0.6) is 11.5 Å². The molecule has 10 heteroatoms. The number of ether oxygens (including phenoxy) is 2. The summed E-state index contributed by atoms with van der Waals surface area (Å²) in [4.78, 5) is 5.45. The van der Waals surface area contributed by atoms with E-state index >= 15 is 0 Å². The number of hydrogen-bond acceptors (Lipinski definition) is 8. The quantitative estimate of drug-likeness (QED) is 0.294. The Morgan fingerprint density at radius 3 is 1.55 bits per heavy atom. The Balaban J connectivity index is 0.000000146. The minimum Gasteiger partial charge on any atom is -0.487 e. The predicted octanol–water partition coefficient (Wildman–Crippen LogP) is 7.40. The van der Waals surface area contributed by atoms with Crippen LogP contribution in [0.25, 0.3) is 0 Å². The smallest absolute Gasteiger partial charge is 0.487 e. The summed E-state index contributed by atoms with van der Waals surface area (Å²) in [5, 5.41) is 0.